The van der Waals surface area contributed by atoms with Gasteiger partial charge in [0.1, 0.15) is 31.2 Å². The largest absolute Gasteiger partial charge is 0.508 e. The molecule has 190 valence electrons. The van der Waals surface area contributed by atoms with Crippen LogP contribution in [0.5, 0.6) is 5.75 Å². The standard InChI is InChI=1S/C30H30N2O4S/c1-31(2)19-8-10-21-25(16-19)36-26-17-20(33)9-11-22(26)30(21)18-7-12-24-28(15-18)37-27-6-4-3-5-23(27)32(24)14-13-29(34)35/h7-12,15-17,23,27H,3-6,13-14H2,1-2H3,(H,34,35)/p+1. The van der Waals surface area contributed by atoms with Crippen LogP contribution in [0.3, 0.4) is 0 Å². The number of benzene rings is 3. The van der Waals surface area contributed by atoms with Gasteiger partial charge in [-0.2, -0.15) is 0 Å². The Morgan fingerprint density at radius 2 is 1.92 bits per heavy atom. The number of aliphatic carboxylic acids is 1. The maximum atomic E-state index is 11.4. The minimum absolute atomic E-state index is 0.141. The fourth-order valence-corrected chi connectivity index (χ4v) is 7.43. The van der Waals surface area contributed by atoms with Gasteiger partial charge in [0.05, 0.1) is 18.2 Å². The topological polar surface area (TPSA) is 76.9 Å². The van der Waals surface area contributed by atoms with Crippen LogP contribution in [0.15, 0.2) is 63.9 Å². The second-order valence-corrected chi connectivity index (χ2v) is 11.5. The lowest BCUT2D eigenvalue weighted by atomic mass is 9.91. The van der Waals surface area contributed by atoms with E-state index in [1.807, 2.05) is 42.6 Å². The number of carboxylic acids is 1. The molecule has 2 aliphatic heterocycles. The summed E-state index contributed by atoms with van der Waals surface area (Å²) < 4.78 is 8.32. The first kappa shape index (κ1) is 23.9. The molecular weight excluding hydrogens is 484 g/mol. The van der Waals surface area contributed by atoms with Gasteiger partial charge in [0, 0.05) is 51.4 Å². The summed E-state index contributed by atoms with van der Waals surface area (Å²) in [7, 11) is 4.01. The third-order valence-corrected chi connectivity index (χ3v) is 9.11. The van der Waals surface area contributed by atoms with E-state index in [1.54, 1.807) is 12.1 Å². The molecular formula is C30H31N2O4S+. The second kappa shape index (κ2) is 9.45. The average Bonchev–Trinajstić information content (AvgIpc) is 2.88. The lowest BCUT2D eigenvalue weighted by Gasteiger charge is -2.45. The summed E-state index contributed by atoms with van der Waals surface area (Å²) in [4.78, 5) is 15.0. The highest BCUT2D eigenvalue weighted by molar-refractivity contribution is 8.00. The lowest BCUT2D eigenvalue weighted by molar-refractivity contribution is -0.136. The van der Waals surface area contributed by atoms with Crippen LogP contribution in [-0.4, -0.2) is 48.1 Å². The van der Waals surface area contributed by atoms with Crippen LogP contribution in [0.25, 0.3) is 33.4 Å². The summed E-state index contributed by atoms with van der Waals surface area (Å²) in [5.74, 6) is 0.180. The summed E-state index contributed by atoms with van der Waals surface area (Å²) in [6.45, 7) is 0.534. The number of rotatable bonds is 4. The van der Waals surface area contributed by atoms with Gasteiger partial charge in [-0.25, -0.2) is 4.58 Å². The maximum Gasteiger partial charge on any atom is 0.305 e. The van der Waals surface area contributed by atoms with Gasteiger partial charge in [-0.1, -0.05) is 18.9 Å². The monoisotopic (exact) mass is 515 g/mol. The van der Waals surface area contributed by atoms with Crippen molar-refractivity contribution in [2.45, 2.75) is 48.3 Å². The summed E-state index contributed by atoms with van der Waals surface area (Å²) >= 11 is 1.95. The van der Waals surface area contributed by atoms with Gasteiger partial charge in [0.25, 0.3) is 0 Å². The van der Waals surface area contributed by atoms with E-state index in [0.29, 0.717) is 23.4 Å². The van der Waals surface area contributed by atoms with E-state index in [1.165, 1.54) is 17.7 Å². The predicted molar refractivity (Wildman–Crippen MR) is 149 cm³/mol. The van der Waals surface area contributed by atoms with Crippen molar-refractivity contribution in [1.29, 1.82) is 0 Å². The highest BCUT2D eigenvalue weighted by Gasteiger charge is 2.37. The Labute approximate surface area is 220 Å². The molecule has 6 rings (SSSR count). The van der Waals surface area contributed by atoms with Gasteiger partial charge in [0.2, 0.25) is 5.36 Å². The van der Waals surface area contributed by atoms with Gasteiger partial charge >= 0.3 is 5.97 Å². The molecule has 4 aliphatic rings. The van der Waals surface area contributed by atoms with Crippen molar-refractivity contribution in [3.05, 3.63) is 60.0 Å². The molecule has 6 nitrogen and oxygen atoms in total. The van der Waals surface area contributed by atoms with Gasteiger partial charge in [-0.15, -0.1) is 11.8 Å². The Morgan fingerprint density at radius 1 is 1.08 bits per heavy atom. The third-order valence-electron chi connectivity index (χ3n) is 7.68. The van der Waals surface area contributed by atoms with E-state index in [9.17, 15) is 15.0 Å². The molecule has 2 atom stereocenters. The Hall–Kier alpha value is -3.45. The maximum absolute atomic E-state index is 11.4. The number of nitrogens with zero attached hydrogens (tertiary/aromatic N) is 2. The third kappa shape index (κ3) is 4.35. The molecule has 2 unspecified atom stereocenters. The zero-order chi connectivity index (χ0) is 25.7. The van der Waals surface area contributed by atoms with Crippen LogP contribution in [0.2, 0.25) is 0 Å². The van der Waals surface area contributed by atoms with Crippen molar-refractivity contribution in [3.8, 4) is 28.2 Å². The van der Waals surface area contributed by atoms with Crippen LogP contribution in [-0.2, 0) is 4.79 Å². The SMILES string of the molecule is C[N+](C)=c1ccc2c(-c3ccc4c(c3)SC3CCCCC3N4CCC(=O)O)c3ccc(O)cc3oc-2c1. The van der Waals surface area contributed by atoms with Crippen LogP contribution in [0.1, 0.15) is 32.1 Å². The van der Waals surface area contributed by atoms with Crippen molar-refractivity contribution in [2.75, 3.05) is 25.5 Å². The number of hydrogen-bond acceptors (Lipinski definition) is 5. The van der Waals surface area contributed by atoms with Crippen molar-refractivity contribution < 1.29 is 19.4 Å². The van der Waals surface area contributed by atoms with Gasteiger partial charge in [0.15, 0.2) is 0 Å². The molecule has 0 spiro atoms. The molecule has 1 saturated carbocycles. The molecule has 2 aromatic rings. The van der Waals surface area contributed by atoms with Crippen LogP contribution in [0, 0.1) is 0 Å². The molecule has 0 saturated heterocycles. The summed E-state index contributed by atoms with van der Waals surface area (Å²) in [5.41, 5.74) is 4.96. The van der Waals surface area contributed by atoms with Gasteiger partial charge in [-0.3, -0.25) is 4.79 Å². The molecule has 2 aromatic carbocycles. The fraction of sp³-hybridized carbons (Fsp3) is 0.333. The number of phenols is 1. The number of carboxylic acid groups (broad SMARTS) is 1. The van der Waals surface area contributed by atoms with Crippen molar-refractivity contribution in [2.24, 2.45) is 0 Å². The Balaban J connectivity index is 1.54. The van der Waals surface area contributed by atoms with Crippen LogP contribution in [0.4, 0.5) is 5.69 Å². The normalized spacial score (nSPS) is 19.0. The quantitative estimate of drug-likeness (QED) is 0.271. The minimum atomic E-state index is -0.755. The van der Waals surface area contributed by atoms with Crippen LogP contribution >= 0.6 is 11.8 Å². The Bertz CT molecular complexity index is 1560. The zero-order valence-corrected chi connectivity index (χ0v) is 21.9. The Kier molecular flexibility index (Phi) is 6.11. The molecule has 0 bridgehead atoms. The highest BCUT2D eigenvalue weighted by Crippen LogP contribution is 2.49. The van der Waals surface area contributed by atoms with Gasteiger partial charge < -0.3 is 19.5 Å². The first-order valence-corrected chi connectivity index (χ1v) is 13.8. The number of aromatic hydroxyl groups is 1. The van der Waals surface area contributed by atoms with E-state index in [2.05, 4.69) is 35.2 Å². The molecule has 2 aliphatic carbocycles. The first-order valence-electron chi connectivity index (χ1n) is 12.9. The van der Waals surface area contributed by atoms with E-state index in [4.69, 9.17) is 4.42 Å². The predicted octanol–water partition coefficient (Wildman–Crippen LogP) is 5.64. The molecule has 1 fully saturated rings. The number of thioether (sulfide) groups is 1. The number of anilines is 1. The summed E-state index contributed by atoms with van der Waals surface area (Å²) in [6.07, 6.45) is 4.84. The number of phenolic OH excluding ortho intramolecular Hbond substituents is 1. The summed E-state index contributed by atoms with van der Waals surface area (Å²) in [5, 5.41) is 22.0. The van der Waals surface area contributed by atoms with Crippen molar-refractivity contribution in [3.63, 3.8) is 0 Å². The Morgan fingerprint density at radius 3 is 2.73 bits per heavy atom. The van der Waals surface area contributed by atoms with E-state index >= 15 is 0 Å². The number of hydrogen-bond donors (Lipinski definition) is 2. The zero-order valence-electron chi connectivity index (χ0n) is 21.1. The summed E-state index contributed by atoms with van der Waals surface area (Å²) in [6, 6.07) is 18.5. The molecule has 7 heteroatoms. The lowest BCUT2D eigenvalue weighted by Crippen LogP contribution is -2.47. The molecule has 0 aromatic heterocycles. The molecule has 0 amide bonds. The molecule has 2 heterocycles. The highest BCUT2D eigenvalue weighted by atomic mass is 32.2. The van der Waals surface area contributed by atoms with Crippen molar-refractivity contribution in [1.82, 2.24) is 4.58 Å². The van der Waals surface area contributed by atoms with Crippen LogP contribution < -0.4 is 14.8 Å². The number of carbonyl (C=O) groups is 1. The minimum Gasteiger partial charge on any atom is -0.508 e. The molecule has 2 N–H and O–H groups in total. The smallest absolute Gasteiger partial charge is 0.305 e. The van der Waals surface area contributed by atoms with E-state index < -0.39 is 5.97 Å². The second-order valence-electron chi connectivity index (χ2n) is 10.3. The van der Waals surface area contributed by atoms with E-state index in [-0.39, 0.29) is 12.2 Å². The number of fused-ring (bicyclic) bond motifs is 4. The molecule has 0 radical (unpaired) electrons. The molecule has 37 heavy (non-hydrogen) atoms. The average molecular weight is 516 g/mol. The first-order chi connectivity index (χ1) is 17.9. The van der Waals surface area contributed by atoms with E-state index in [0.717, 1.165) is 51.7 Å². The van der Waals surface area contributed by atoms with Gasteiger partial charge in [-0.05, 0) is 48.7 Å². The fourth-order valence-electron chi connectivity index (χ4n) is 5.87. The van der Waals surface area contributed by atoms with Crippen molar-refractivity contribution >= 4 is 34.4 Å².